The number of sulfonamides is 1. The summed E-state index contributed by atoms with van der Waals surface area (Å²) in [4.78, 5) is 22.6. The highest BCUT2D eigenvalue weighted by atomic mass is 32.2. The minimum absolute atomic E-state index is 0.0242. The summed E-state index contributed by atoms with van der Waals surface area (Å²) in [5, 5.41) is 11.0. The summed E-state index contributed by atoms with van der Waals surface area (Å²) in [5.41, 5.74) is 0.167. The fourth-order valence-corrected chi connectivity index (χ4v) is 4.30. The van der Waals surface area contributed by atoms with Crippen molar-refractivity contribution >= 4 is 21.9 Å². The minimum atomic E-state index is -3.74. The normalized spacial score (nSPS) is 21.7. The van der Waals surface area contributed by atoms with E-state index in [-0.39, 0.29) is 48.7 Å². The van der Waals surface area contributed by atoms with E-state index in [0.29, 0.717) is 0 Å². The molecule has 2 rings (SSSR count). The molecule has 138 valence electrons. The van der Waals surface area contributed by atoms with E-state index in [4.69, 9.17) is 9.84 Å². The minimum Gasteiger partial charge on any atom is -0.481 e. The zero-order chi connectivity index (χ0) is 18.6. The lowest BCUT2D eigenvalue weighted by Gasteiger charge is -2.34. The predicted octanol–water partition coefficient (Wildman–Crippen LogP) is 0.689. The highest BCUT2D eigenvalue weighted by molar-refractivity contribution is 7.89. The molecule has 0 bridgehead atoms. The number of morpholine rings is 1. The van der Waals surface area contributed by atoms with Gasteiger partial charge in [-0.05, 0) is 32.0 Å². The fourth-order valence-electron chi connectivity index (χ4n) is 2.66. The lowest BCUT2D eigenvalue weighted by atomic mass is 10.2. The van der Waals surface area contributed by atoms with Crippen LogP contribution in [0.5, 0.6) is 0 Å². The number of carboxylic acids is 1. The summed E-state index contributed by atoms with van der Waals surface area (Å²) in [7, 11) is -3.74. The first-order valence-corrected chi connectivity index (χ1v) is 9.40. The number of rotatable bonds is 6. The molecule has 25 heavy (non-hydrogen) atoms. The molecule has 1 fully saturated rings. The van der Waals surface area contributed by atoms with Gasteiger partial charge in [-0.15, -0.1) is 0 Å². The van der Waals surface area contributed by atoms with E-state index >= 15 is 0 Å². The first-order chi connectivity index (χ1) is 11.7. The molecule has 1 amide bonds. The number of aliphatic carboxylic acids is 1. The average molecular weight is 370 g/mol. The molecule has 1 aliphatic rings. The molecular weight excluding hydrogens is 348 g/mol. The first-order valence-electron chi connectivity index (χ1n) is 7.96. The molecule has 8 nitrogen and oxygen atoms in total. The number of carbonyl (C=O) groups is 2. The summed E-state index contributed by atoms with van der Waals surface area (Å²) in [6.07, 6.45) is -0.616. The van der Waals surface area contributed by atoms with Crippen LogP contribution in [0.25, 0.3) is 0 Å². The van der Waals surface area contributed by atoms with E-state index in [1.54, 1.807) is 0 Å². The largest absolute Gasteiger partial charge is 0.481 e. The number of carboxylic acid groups (broad SMARTS) is 1. The molecule has 2 atom stereocenters. The molecular formula is C16H22N2O6S. The molecule has 0 spiro atoms. The Labute approximate surface area is 146 Å². The Kier molecular flexibility index (Phi) is 6.15. The van der Waals surface area contributed by atoms with Gasteiger partial charge in [0.15, 0.2) is 0 Å². The maximum absolute atomic E-state index is 12.8. The van der Waals surface area contributed by atoms with Crippen LogP contribution >= 0.6 is 0 Å². The maximum atomic E-state index is 12.8. The van der Waals surface area contributed by atoms with Gasteiger partial charge in [-0.1, -0.05) is 6.07 Å². The Morgan fingerprint density at radius 2 is 1.92 bits per heavy atom. The Bertz CT molecular complexity index is 739. The Morgan fingerprint density at radius 3 is 2.52 bits per heavy atom. The average Bonchev–Trinajstić information content (AvgIpc) is 2.53. The third-order valence-corrected chi connectivity index (χ3v) is 5.57. The maximum Gasteiger partial charge on any atom is 0.305 e. The number of carbonyl (C=O) groups excluding carboxylic acids is 1. The van der Waals surface area contributed by atoms with Crippen molar-refractivity contribution in [3.8, 4) is 0 Å². The van der Waals surface area contributed by atoms with E-state index < -0.39 is 21.9 Å². The van der Waals surface area contributed by atoms with Crippen LogP contribution in [-0.2, 0) is 19.6 Å². The molecule has 0 radical (unpaired) electrons. The summed E-state index contributed by atoms with van der Waals surface area (Å²) >= 11 is 0. The van der Waals surface area contributed by atoms with Crippen LogP contribution in [0.3, 0.4) is 0 Å². The lowest BCUT2D eigenvalue weighted by Crippen LogP contribution is -2.48. The molecule has 1 aromatic carbocycles. The number of amides is 1. The standard InChI is InChI=1S/C16H22N2O6S/c1-11-9-18(10-12(2)24-11)25(22,23)14-5-3-4-13(8-14)16(21)17-7-6-15(19)20/h3-5,8,11-12H,6-7,9-10H2,1-2H3,(H,17,21)(H,19,20). The first kappa shape index (κ1) is 19.4. The molecule has 9 heteroatoms. The van der Waals surface area contributed by atoms with Gasteiger partial charge in [-0.25, -0.2) is 8.42 Å². The second-order valence-electron chi connectivity index (χ2n) is 6.01. The van der Waals surface area contributed by atoms with E-state index in [2.05, 4.69) is 5.32 Å². The molecule has 1 aliphatic heterocycles. The lowest BCUT2D eigenvalue weighted by molar-refractivity contribution is -0.136. The van der Waals surface area contributed by atoms with Crippen molar-refractivity contribution in [1.29, 1.82) is 0 Å². The molecule has 2 N–H and O–H groups in total. The summed E-state index contributed by atoms with van der Waals surface area (Å²) < 4.78 is 32.5. The number of benzene rings is 1. The second-order valence-corrected chi connectivity index (χ2v) is 7.94. The van der Waals surface area contributed by atoms with Crippen LogP contribution in [0.1, 0.15) is 30.6 Å². The van der Waals surface area contributed by atoms with E-state index in [1.807, 2.05) is 13.8 Å². The number of hydrogen-bond donors (Lipinski definition) is 2. The van der Waals surface area contributed by atoms with Gasteiger partial charge in [0.25, 0.3) is 5.91 Å². The van der Waals surface area contributed by atoms with Crippen molar-refractivity contribution in [2.45, 2.75) is 37.4 Å². The molecule has 0 aromatic heterocycles. The number of ether oxygens (including phenoxy) is 1. The number of hydrogen-bond acceptors (Lipinski definition) is 5. The van der Waals surface area contributed by atoms with Crippen LogP contribution in [0, 0.1) is 0 Å². The summed E-state index contributed by atoms with van der Waals surface area (Å²) in [6.45, 7) is 4.10. The van der Waals surface area contributed by atoms with Crippen LogP contribution < -0.4 is 5.32 Å². The van der Waals surface area contributed by atoms with Gasteiger partial charge < -0.3 is 15.2 Å². The van der Waals surface area contributed by atoms with Gasteiger partial charge >= 0.3 is 5.97 Å². The monoisotopic (exact) mass is 370 g/mol. The van der Waals surface area contributed by atoms with Crippen molar-refractivity contribution in [2.24, 2.45) is 0 Å². The molecule has 1 saturated heterocycles. The van der Waals surface area contributed by atoms with Crippen LogP contribution in [0.4, 0.5) is 0 Å². The van der Waals surface area contributed by atoms with Crippen molar-refractivity contribution in [2.75, 3.05) is 19.6 Å². The third-order valence-electron chi connectivity index (χ3n) is 3.74. The van der Waals surface area contributed by atoms with Gasteiger partial charge in [0.1, 0.15) is 0 Å². The van der Waals surface area contributed by atoms with Gasteiger partial charge in [-0.3, -0.25) is 9.59 Å². The SMILES string of the molecule is CC1CN(S(=O)(=O)c2cccc(C(=O)NCCC(=O)O)c2)CC(C)O1. The quantitative estimate of drug-likeness (QED) is 0.762. The fraction of sp³-hybridized carbons (Fsp3) is 0.500. The topological polar surface area (TPSA) is 113 Å². The van der Waals surface area contributed by atoms with Crippen LogP contribution in [0.2, 0.25) is 0 Å². The van der Waals surface area contributed by atoms with Gasteiger partial charge in [-0.2, -0.15) is 4.31 Å². The Balaban J connectivity index is 2.16. The summed E-state index contributed by atoms with van der Waals surface area (Å²) in [6, 6.07) is 5.72. The van der Waals surface area contributed by atoms with Gasteiger partial charge in [0, 0.05) is 25.2 Å². The smallest absolute Gasteiger partial charge is 0.305 e. The van der Waals surface area contributed by atoms with Crippen molar-refractivity contribution in [1.82, 2.24) is 9.62 Å². The van der Waals surface area contributed by atoms with E-state index in [9.17, 15) is 18.0 Å². The Morgan fingerprint density at radius 1 is 1.28 bits per heavy atom. The van der Waals surface area contributed by atoms with Crippen LogP contribution in [0.15, 0.2) is 29.2 Å². The molecule has 0 aliphatic carbocycles. The zero-order valence-corrected chi connectivity index (χ0v) is 15.0. The highest BCUT2D eigenvalue weighted by Crippen LogP contribution is 2.21. The van der Waals surface area contributed by atoms with Gasteiger partial charge in [0.05, 0.1) is 23.5 Å². The van der Waals surface area contributed by atoms with Gasteiger partial charge in [0.2, 0.25) is 10.0 Å². The Hall–Kier alpha value is -1.97. The third kappa shape index (κ3) is 5.00. The van der Waals surface area contributed by atoms with E-state index in [0.717, 1.165) is 0 Å². The molecule has 1 heterocycles. The van der Waals surface area contributed by atoms with Crippen molar-refractivity contribution < 1.29 is 27.9 Å². The van der Waals surface area contributed by atoms with Crippen molar-refractivity contribution in [3.63, 3.8) is 0 Å². The highest BCUT2D eigenvalue weighted by Gasteiger charge is 2.32. The predicted molar refractivity (Wildman–Crippen MR) is 89.8 cm³/mol. The van der Waals surface area contributed by atoms with Crippen LogP contribution in [-0.4, -0.2) is 61.5 Å². The molecule has 2 unspecified atom stereocenters. The van der Waals surface area contributed by atoms with E-state index in [1.165, 1.54) is 28.6 Å². The number of nitrogens with one attached hydrogen (secondary N) is 1. The second kappa shape index (κ2) is 7.94. The van der Waals surface area contributed by atoms with Crippen molar-refractivity contribution in [3.05, 3.63) is 29.8 Å². The number of nitrogens with zero attached hydrogens (tertiary/aromatic N) is 1. The molecule has 0 saturated carbocycles. The summed E-state index contributed by atoms with van der Waals surface area (Å²) in [5.74, 6) is -1.53. The zero-order valence-electron chi connectivity index (χ0n) is 14.1. The molecule has 1 aromatic rings.